The van der Waals surface area contributed by atoms with Crippen LogP contribution in [0.15, 0.2) is 0 Å². The number of carbonyl (C=O) groups is 3. The number of carbonyl (C=O) groups excluding carboxylic acids is 3. The van der Waals surface area contributed by atoms with Crippen LogP contribution in [0.2, 0.25) is 0 Å². The molecule has 2 rings (SSSR count). The van der Waals surface area contributed by atoms with Gasteiger partial charge in [0, 0.05) is 11.3 Å². The standard InChI is InChI=1S/C15H16N2O4S/c1-9(18)5-6-14(20)21-8-13(19)17-15-11(7-16)10-3-2-4-12(10)22-15/h2-6,8H2,1H3,(H,17,19). The minimum Gasteiger partial charge on any atom is -0.456 e. The number of amides is 1. The highest BCUT2D eigenvalue weighted by Gasteiger charge is 2.23. The predicted molar refractivity (Wildman–Crippen MR) is 80.6 cm³/mol. The largest absolute Gasteiger partial charge is 0.456 e. The number of nitrogens with zero attached hydrogens (tertiary/aromatic N) is 1. The fourth-order valence-corrected chi connectivity index (χ4v) is 3.53. The molecule has 0 unspecified atom stereocenters. The predicted octanol–water partition coefficient (Wildman–Crippen LogP) is 1.96. The zero-order valence-electron chi connectivity index (χ0n) is 12.2. The quantitative estimate of drug-likeness (QED) is 0.808. The number of hydrogen-bond donors (Lipinski definition) is 1. The first kappa shape index (κ1) is 16.2. The highest BCUT2D eigenvalue weighted by Crippen LogP contribution is 2.38. The van der Waals surface area contributed by atoms with E-state index in [1.807, 2.05) is 0 Å². The van der Waals surface area contributed by atoms with Crippen molar-refractivity contribution < 1.29 is 19.1 Å². The lowest BCUT2D eigenvalue weighted by molar-refractivity contribution is -0.148. The van der Waals surface area contributed by atoms with E-state index in [1.165, 1.54) is 18.3 Å². The first-order chi connectivity index (χ1) is 10.5. The van der Waals surface area contributed by atoms with Crippen molar-refractivity contribution >= 4 is 34.0 Å². The second-order valence-corrected chi connectivity index (χ2v) is 6.19. The summed E-state index contributed by atoms with van der Waals surface area (Å²) in [5.41, 5.74) is 1.55. The van der Waals surface area contributed by atoms with Crippen LogP contribution >= 0.6 is 11.3 Å². The molecule has 1 heterocycles. The summed E-state index contributed by atoms with van der Waals surface area (Å²) < 4.78 is 4.80. The molecule has 7 heteroatoms. The molecule has 0 bridgehead atoms. The molecule has 0 saturated carbocycles. The number of nitrogens with one attached hydrogen (secondary N) is 1. The van der Waals surface area contributed by atoms with E-state index in [2.05, 4.69) is 11.4 Å². The molecular weight excluding hydrogens is 304 g/mol. The second kappa shape index (κ2) is 7.18. The van der Waals surface area contributed by atoms with Crippen molar-refractivity contribution in [2.75, 3.05) is 11.9 Å². The Bertz CT molecular complexity index is 657. The molecule has 22 heavy (non-hydrogen) atoms. The highest BCUT2D eigenvalue weighted by molar-refractivity contribution is 7.16. The van der Waals surface area contributed by atoms with E-state index in [9.17, 15) is 19.6 Å². The third-order valence-corrected chi connectivity index (χ3v) is 4.54. The second-order valence-electron chi connectivity index (χ2n) is 5.08. The van der Waals surface area contributed by atoms with E-state index >= 15 is 0 Å². The van der Waals surface area contributed by atoms with Crippen LogP contribution < -0.4 is 5.32 Å². The Labute approximate surface area is 132 Å². The molecule has 0 fully saturated rings. The first-order valence-electron chi connectivity index (χ1n) is 7.00. The molecule has 1 aliphatic carbocycles. The summed E-state index contributed by atoms with van der Waals surface area (Å²) in [4.78, 5) is 35.0. The van der Waals surface area contributed by atoms with Crippen molar-refractivity contribution in [3.63, 3.8) is 0 Å². The zero-order chi connectivity index (χ0) is 16.1. The number of esters is 1. The number of rotatable bonds is 6. The van der Waals surface area contributed by atoms with Gasteiger partial charge < -0.3 is 14.8 Å². The van der Waals surface area contributed by atoms with Gasteiger partial charge in [0.15, 0.2) is 6.61 Å². The maximum absolute atomic E-state index is 11.8. The Balaban J connectivity index is 1.87. The molecule has 0 saturated heterocycles. The summed E-state index contributed by atoms with van der Waals surface area (Å²) in [6.07, 6.45) is 2.92. The van der Waals surface area contributed by atoms with Crippen molar-refractivity contribution in [1.29, 1.82) is 5.26 Å². The first-order valence-corrected chi connectivity index (χ1v) is 7.82. The number of anilines is 1. The van der Waals surface area contributed by atoms with Crippen molar-refractivity contribution in [2.45, 2.75) is 39.0 Å². The number of nitriles is 1. The molecule has 0 radical (unpaired) electrons. The summed E-state index contributed by atoms with van der Waals surface area (Å²) in [5.74, 6) is -1.17. The lowest BCUT2D eigenvalue weighted by Crippen LogP contribution is -2.21. The van der Waals surface area contributed by atoms with Gasteiger partial charge in [-0.25, -0.2) is 0 Å². The van der Waals surface area contributed by atoms with Crippen molar-refractivity contribution in [3.05, 3.63) is 16.0 Å². The van der Waals surface area contributed by atoms with Gasteiger partial charge in [-0.3, -0.25) is 9.59 Å². The smallest absolute Gasteiger partial charge is 0.306 e. The van der Waals surface area contributed by atoms with Crippen molar-refractivity contribution in [1.82, 2.24) is 0 Å². The zero-order valence-corrected chi connectivity index (χ0v) is 13.0. The fourth-order valence-electron chi connectivity index (χ4n) is 2.27. The molecule has 6 nitrogen and oxygen atoms in total. The number of fused-ring (bicyclic) bond motifs is 1. The molecule has 1 aromatic rings. The van der Waals surface area contributed by atoms with E-state index in [1.54, 1.807) is 0 Å². The molecular formula is C15H16N2O4S. The maximum Gasteiger partial charge on any atom is 0.306 e. The molecule has 116 valence electrons. The third kappa shape index (κ3) is 3.92. The van der Waals surface area contributed by atoms with Gasteiger partial charge >= 0.3 is 5.97 Å². The van der Waals surface area contributed by atoms with Crippen LogP contribution in [0.1, 0.15) is 42.2 Å². The van der Waals surface area contributed by atoms with Gasteiger partial charge in [-0.2, -0.15) is 5.26 Å². The Morgan fingerprint density at radius 3 is 2.77 bits per heavy atom. The highest BCUT2D eigenvalue weighted by atomic mass is 32.1. The van der Waals surface area contributed by atoms with Crippen LogP contribution in [0, 0.1) is 11.3 Å². The van der Waals surface area contributed by atoms with Gasteiger partial charge in [0.25, 0.3) is 5.91 Å². The molecule has 1 N–H and O–H groups in total. The van der Waals surface area contributed by atoms with Crippen molar-refractivity contribution in [3.8, 4) is 6.07 Å². The van der Waals surface area contributed by atoms with Crippen LogP contribution in [-0.2, 0) is 32.0 Å². The molecule has 1 amide bonds. The van der Waals surface area contributed by atoms with Crippen LogP contribution in [0.3, 0.4) is 0 Å². The average molecular weight is 320 g/mol. The number of ether oxygens (including phenoxy) is 1. The van der Waals surface area contributed by atoms with Gasteiger partial charge in [0.05, 0.1) is 12.0 Å². The van der Waals surface area contributed by atoms with E-state index in [0.717, 1.165) is 29.7 Å². The van der Waals surface area contributed by atoms with Gasteiger partial charge in [0.1, 0.15) is 16.9 Å². The van der Waals surface area contributed by atoms with Crippen LogP contribution in [0.5, 0.6) is 0 Å². The van der Waals surface area contributed by atoms with Gasteiger partial charge in [-0.1, -0.05) is 0 Å². The number of aryl methyl sites for hydroxylation is 1. The Morgan fingerprint density at radius 2 is 2.09 bits per heavy atom. The minimum absolute atomic E-state index is 0.0284. The third-order valence-electron chi connectivity index (χ3n) is 3.33. The van der Waals surface area contributed by atoms with E-state index in [0.29, 0.717) is 10.6 Å². The summed E-state index contributed by atoms with van der Waals surface area (Å²) in [7, 11) is 0. The van der Waals surface area contributed by atoms with Crippen LogP contribution in [0.4, 0.5) is 5.00 Å². The molecule has 0 spiro atoms. The molecule has 1 aromatic heterocycles. The van der Waals surface area contributed by atoms with Gasteiger partial charge in [-0.15, -0.1) is 11.3 Å². The van der Waals surface area contributed by atoms with Gasteiger partial charge in [-0.05, 0) is 31.7 Å². The lowest BCUT2D eigenvalue weighted by atomic mass is 10.1. The Kier molecular flexibility index (Phi) is 5.28. The van der Waals surface area contributed by atoms with E-state index < -0.39 is 18.5 Å². The summed E-state index contributed by atoms with van der Waals surface area (Å²) >= 11 is 1.41. The van der Waals surface area contributed by atoms with Crippen LogP contribution in [0.25, 0.3) is 0 Å². The van der Waals surface area contributed by atoms with Crippen molar-refractivity contribution in [2.24, 2.45) is 0 Å². The number of Topliss-reactive ketones (excluding diaryl/α,β-unsaturated/α-hetero) is 1. The number of hydrogen-bond acceptors (Lipinski definition) is 6. The molecule has 0 aliphatic heterocycles. The van der Waals surface area contributed by atoms with Crippen LogP contribution in [-0.4, -0.2) is 24.3 Å². The lowest BCUT2D eigenvalue weighted by Gasteiger charge is -2.05. The SMILES string of the molecule is CC(=O)CCC(=O)OCC(=O)Nc1sc2c(c1C#N)CCC2. The van der Waals surface area contributed by atoms with E-state index in [-0.39, 0.29) is 18.6 Å². The molecule has 1 aliphatic rings. The minimum atomic E-state index is -0.584. The number of ketones is 1. The summed E-state index contributed by atoms with van der Waals surface area (Å²) in [6.45, 7) is 0.976. The Hall–Kier alpha value is -2.20. The Morgan fingerprint density at radius 1 is 1.32 bits per heavy atom. The fraction of sp³-hybridized carbons (Fsp3) is 0.467. The monoisotopic (exact) mass is 320 g/mol. The summed E-state index contributed by atoms with van der Waals surface area (Å²) in [5, 5.41) is 12.4. The van der Waals surface area contributed by atoms with Gasteiger partial charge in [0.2, 0.25) is 0 Å². The summed E-state index contributed by atoms with van der Waals surface area (Å²) in [6, 6.07) is 2.13. The average Bonchev–Trinajstić information content (AvgIpc) is 3.03. The molecule has 0 aromatic carbocycles. The normalized spacial score (nSPS) is 12.4. The molecule has 0 atom stereocenters. The number of thiophene rings is 1. The topological polar surface area (TPSA) is 96.3 Å². The van der Waals surface area contributed by atoms with E-state index in [4.69, 9.17) is 4.74 Å². The maximum atomic E-state index is 11.8.